The molecular weight excluding hydrogens is 332 g/mol. The molecule has 3 nitrogen and oxygen atoms in total. The van der Waals surface area contributed by atoms with Crippen LogP contribution in [0.5, 0.6) is 5.88 Å². The van der Waals surface area contributed by atoms with Gasteiger partial charge in [-0.2, -0.15) is 0 Å². The Morgan fingerprint density at radius 1 is 0.963 bits per heavy atom. The highest BCUT2D eigenvalue weighted by Gasteiger charge is 2.02. The van der Waals surface area contributed by atoms with Crippen LogP contribution in [0.1, 0.15) is 36.6 Å². The number of allylic oxidation sites excluding steroid dienone is 1. The van der Waals surface area contributed by atoms with E-state index >= 15 is 0 Å². The van der Waals surface area contributed by atoms with Crippen LogP contribution < -0.4 is 10.1 Å². The summed E-state index contributed by atoms with van der Waals surface area (Å²) in [4.78, 5) is 4.04. The smallest absolute Gasteiger partial charge is 0.212 e. The van der Waals surface area contributed by atoms with E-state index in [0.29, 0.717) is 11.9 Å². The number of ether oxygens (including phenoxy) is 1. The summed E-state index contributed by atoms with van der Waals surface area (Å²) in [5.74, 6) is 0.651. The molecule has 3 rings (SSSR count). The number of hydrogen-bond donors (Lipinski definition) is 1. The van der Waals surface area contributed by atoms with E-state index in [9.17, 15) is 0 Å². The standard InChI is InChI=1S/C15H17N.C9H11NO/c1-13(15-10-6-3-7-11-15)16-12-14-8-4-2-5-9-14;1-3-4-8-5-6-9(11-2)10-7-8/h2-11,13,16H,12H2,1H3;3-7H,1-2H3/b;4-3+/t13-;/m1./s1. The monoisotopic (exact) mass is 360 g/mol. The molecule has 1 atom stereocenters. The Kier molecular flexibility index (Phi) is 8.81. The number of nitrogens with one attached hydrogen (secondary N) is 1. The van der Waals surface area contributed by atoms with E-state index in [1.165, 1.54) is 11.1 Å². The molecule has 0 amide bonds. The minimum Gasteiger partial charge on any atom is -0.481 e. The summed E-state index contributed by atoms with van der Waals surface area (Å²) in [6.07, 6.45) is 5.74. The van der Waals surface area contributed by atoms with E-state index < -0.39 is 0 Å². The highest BCUT2D eigenvalue weighted by molar-refractivity contribution is 5.47. The van der Waals surface area contributed by atoms with Gasteiger partial charge in [-0.3, -0.25) is 0 Å². The molecule has 1 aromatic heterocycles. The summed E-state index contributed by atoms with van der Waals surface area (Å²) >= 11 is 0. The number of nitrogens with zero attached hydrogens (tertiary/aromatic N) is 1. The Morgan fingerprint density at radius 3 is 2.19 bits per heavy atom. The Hall–Kier alpha value is -2.91. The Balaban J connectivity index is 0.000000208. The Bertz CT molecular complexity index is 784. The van der Waals surface area contributed by atoms with Crippen LogP contribution in [0, 0.1) is 0 Å². The maximum atomic E-state index is 4.91. The van der Waals surface area contributed by atoms with Gasteiger partial charge >= 0.3 is 0 Å². The Morgan fingerprint density at radius 2 is 1.63 bits per heavy atom. The van der Waals surface area contributed by atoms with Crippen LogP contribution in [-0.4, -0.2) is 12.1 Å². The van der Waals surface area contributed by atoms with Gasteiger partial charge in [0.05, 0.1) is 7.11 Å². The van der Waals surface area contributed by atoms with Crippen molar-refractivity contribution in [3.8, 4) is 5.88 Å². The van der Waals surface area contributed by atoms with Crippen LogP contribution in [0.15, 0.2) is 85.1 Å². The zero-order valence-electron chi connectivity index (χ0n) is 16.3. The van der Waals surface area contributed by atoms with Crippen LogP contribution in [0.25, 0.3) is 6.08 Å². The first-order valence-electron chi connectivity index (χ1n) is 9.18. The lowest BCUT2D eigenvalue weighted by Gasteiger charge is -2.14. The molecule has 3 aromatic rings. The average Bonchev–Trinajstić information content (AvgIpc) is 2.75. The van der Waals surface area contributed by atoms with Crippen LogP contribution in [-0.2, 0) is 6.54 Å². The molecule has 0 saturated carbocycles. The van der Waals surface area contributed by atoms with Crippen molar-refractivity contribution < 1.29 is 4.74 Å². The van der Waals surface area contributed by atoms with Gasteiger partial charge in [0.1, 0.15) is 0 Å². The molecule has 2 aromatic carbocycles. The fourth-order valence-corrected chi connectivity index (χ4v) is 2.53. The van der Waals surface area contributed by atoms with Crippen molar-refractivity contribution in [1.29, 1.82) is 0 Å². The first-order valence-corrected chi connectivity index (χ1v) is 9.18. The van der Waals surface area contributed by atoms with Gasteiger partial charge in [-0.15, -0.1) is 0 Å². The zero-order chi connectivity index (χ0) is 19.3. The highest BCUT2D eigenvalue weighted by Crippen LogP contribution is 2.12. The highest BCUT2D eigenvalue weighted by atomic mass is 16.5. The molecule has 0 aliphatic rings. The number of aromatic nitrogens is 1. The molecule has 3 heteroatoms. The summed E-state index contributed by atoms with van der Waals surface area (Å²) in [7, 11) is 1.61. The third-order valence-electron chi connectivity index (χ3n) is 4.08. The lowest BCUT2D eigenvalue weighted by Crippen LogP contribution is -2.17. The van der Waals surface area contributed by atoms with Crippen LogP contribution in [0.2, 0.25) is 0 Å². The number of pyridine rings is 1. The maximum absolute atomic E-state index is 4.91. The van der Waals surface area contributed by atoms with Crippen molar-refractivity contribution in [3.05, 3.63) is 102 Å². The minimum absolute atomic E-state index is 0.390. The topological polar surface area (TPSA) is 34.1 Å². The molecule has 0 aliphatic heterocycles. The maximum Gasteiger partial charge on any atom is 0.212 e. The number of rotatable bonds is 6. The van der Waals surface area contributed by atoms with Crippen molar-refractivity contribution in [2.75, 3.05) is 7.11 Å². The third kappa shape index (κ3) is 7.47. The second kappa shape index (κ2) is 11.7. The fraction of sp³-hybridized carbons (Fsp3) is 0.208. The molecule has 0 fully saturated rings. The molecule has 27 heavy (non-hydrogen) atoms. The fourth-order valence-electron chi connectivity index (χ4n) is 2.53. The summed E-state index contributed by atoms with van der Waals surface area (Å²) in [6, 6.07) is 25.2. The number of benzene rings is 2. The van der Waals surface area contributed by atoms with Gasteiger partial charge in [0, 0.05) is 24.8 Å². The van der Waals surface area contributed by atoms with Crippen molar-refractivity contribution in [3.63, 3.8) is 0 Å². The van der Waals surface area contributed by atoms with Gasteiger partial charge < -0.3 is 10.1 Å². The molecular formula is C24H28N2O. The van der Waals surface area contributed by atoms with Gasteiger partial charge in [-0.1, -0.05) is 72.8 Å². The van der Waals surface area contributed by atoms with Gasteiger partial charge in [0.25, 0.3) is 0 Å². The molecule has 0 bridgehead atoms. The van der Waals surface area contributed by atoms with Crippen LogP contribution >= 0.6 is 0 Å². The van der Waals surface area contributed by atoms with Gasteiger partial charge in [-0.05, 0) is 36.6 Å². The van der Waals surface area contributed by atoms with E-state index in [2.05, 4.69) is 65.8 Å². The first kappa shape index (κ1) is 20.4. The zero-order valence-corrected chi connectivity index (χ0v) is 16.3. The van der Waals surface area contributed by atoms with E-state index in [4.69, 9.17) is 4.74 Å². The molecule has 0 unspecified atom stereocenters. The van der Waals surface area contributed by atoms with E-state index in [1.807, 2.05) is 43.3 Å². The Labute approximate surface area is 162 Å². The number of methoxy groups -OCH3 is 1. The van der Waals surface area contributed by atoms with Gasteiger partial charge in [0.15, 0.2) is 0 Å². The first-order chi connectivity index (χ1) is 13.2. The van der Waals surface area contributed by atoms with Crippen molar-refractivity contribution in [1.82, 2.24) is 10.3 Å². The summed E-state index contributed by atoms with van der Waals surface area (Å²) in [6.45, 7) is 5.08. The second-order valence-corrected chi connectivity index (χ2v) is 6.13. The summed E-state index contributed by atoms with van der Waals surface area (Å²) < 4.78 is 4.91. The summed E-state index contributed by atoms with van der Waals surface area (Å²) in [5, 5.41) is 3.52. The predicted molar refractivity (Wildman–Crippen MR) is 114 cm³/mol. The lowest BCUT2D eigenvalue weighted by atomic mass is 10.1. The van der Waals surface area contributed by atoms with Gasteiger partial charge in [-0.25, -0.2) is 4.98 Å². The van der Waals surface area contributed by atoms with E-state index in [1.54, 1.807) is 13.3 Å². The average molecular weight is 361 g/mol. The largest absolute Gasteiger partial charge is 0.481 e. The summed E-state index contributed by atoms with van der Waals surface area (Å²) in [5.41, 5.74) is 3.75. The molecule has 0 aliphatic carbocycles. The molecule has 0 spiro atoms. The van der Waals surface area contributed by atoms with Crippen molar-refractivity contribution >= 4 is 6.08 Å². The van der Waals surface area contributed by atoms with Crippen molar-refractivity contribution in [2.24, 2.45) is 0 Å². The quantitative estimate of drug-likeness (QED) is 0.616. The SMILES string of the molecule is C/C=C/c1ccc(OC)nc1.C[C@@H](NCc1ccccc1)c1ccccc1. The molecule has 1 heterocycles. The van der Waals surface area contributed by atoms with Crippen LogP contribution in [0.3, 0.4) is 0 Å². The molecule has 0 saturated heterocycles. The van der Waals surface area contributed by atoms with E-state index in [-0.39, 0.29) is 0 Å². The second-order valence-electron chi connectivity index (χ2n) is 6.13. The lowest BCUT2D eigenvalue weighted by molar-refractivity contribution is 0.398. The van der Waals surface area contributed by atoms with Gasteiger partial charge in [0.2, 0.25) is 5.88 Å². The predicted octanol–water partition coefficient (Wildman–Crippen LogP) is 5.66. The minimum atomic E-state index is 0.390. The third-order valence-corrected chi connectivity index (χ3v) is 4.08. The number of hydrogen-bond acceptors (Lipinski definition) is 3. The molecule has 0 radical (unpaired) electrons. The van der Waals surface area contributed by atoms with Crippen molar-refractivity contribution in [2.45, 2.75) is 26.4 Å². The molecule has 140 valence electrons. The normalized spacial score (nSPS) is 11.5. The molecule has 1 N–H and O–H groups in total. The van der Waals surface area contributed by atoms with E-state index in [0.717, 1.165) is 12.1 Å². The van der Waals surface area contributed by atoms with Crippen LogP contribution in [0.4, 0.5) is 0 Å².